The van der Waals surface area contributed by atoms with Crippen molar-refractivity contribution < 1.29 is 0 Å². The molecule has 2 rings (SSSR count). The van der Waals surface area contributed by atoms with Gasteiger partial charge < -0.3 is 10.2 Å². The zero-order chi connectivity index (χ0) is 14.0. The van der Waals surface area contributed by atoms with E-state index in [1.54, 1.807) is 0 Å². The summed E-state index contributed by atoms with van der Waals surface area (Å²) in [4.78, 5) is 7.01. The average Bonchev–Trinajstić information content (AvgIpc) is 3.12. The van der Waals surface area contributed by atoms with Gasteiger partial charge in [0.2, 0.25) is 0 Å². The molecule has 3 heteroatoms. The largest absolute Gasteiger partial charge is 0.368 e. The predicted molar refractivity (Wildman–Crippen MR) is 81.6 cm³/mol. The van der Waals surface area contributed by atoms with E-state index in [-0.39, 0.29) is 5.54 Å². The molecule has 1 aliphatic rings. The summed E-state index contributed by atoms with van der Waals surface area (Å²) in [6.07, 6.45) is 4.71. The van der Waals surface area contributed by atoms with Crippen molar-refractivity contribution >= 4 is 5.69 Å². The van der Waals surface area contributed by atoms with Crippen LogP contribution in [0.1, 0.15) is 51.8 Å². The van der Waals surface area contributed by atoms with E-state index in [9.17, 15) is 0 Å². The smallest absolute Gasteiger partial charge is 0.0447 e. The predicted octanol–water partition coefficient (Wildman–Crippen LogP) is 3.27. The van der Waals surface area contributed by atoms with Crippen LogP contribution in [0.2, 0.25) is 0 Å². The highest BCUT2D eigenvalue weighted by Gasteiger charge is 2.29. The van der Waals surface area contributed by atoms with Crippen LogP contribution in [-0.2, 0) is 6.54 Å². The van der Waals surface area contributed by atoms with Gasteiger partial charge in [-0.25, -0.2) is 0 Å². The maximum absolute atomic E-state index is 4.47. The summed E-state index contributed by atoms with van der Waals surface area (Å²) in [5.74, 6) is 0. The van der Waals surface area contributed by atoms with Crippen LogP contribution in [0.25, 0.3) is 0 Å². The number of nitrogens with zero attached hydrogens (tertiary/aromatic N) is 2. The van der Waals surface area contributed by atoms with E-state index in [1.165, 1.54) is 24.1 Å². The van der Waals surface area contributed by atoms with Crippen LogP contribution in [0.4, 0.5) is 5.69 Å². The fourth-order valence-corrected chi connectivity index (χ4v) is 2.35. The maximum atomic E-state index is 4.47. The minimum absolute atomic E-state index is 0.138. The van der Waals surface area contributed by atoms with Crippen molar-refractivity contribution in [3.8, 4) is 0 Å². The standard InChI is InChI=1S/C16H27N3/c1-6-19(14-7-8-14)15-9-12(2)17-10-13(15)11-18-16(3,4)5/h9-10,14,18H,6-8,11H2,1-5H3. The van der Waals surface area contributed by atoms with Crippen LogP contribution in [0.15, 0.2) is 12.3 Å². The van der Waals surface area contributed by atoms with Crippen LogP contribution in [0.3, 0.4) is 0 Å². The molecule has 1 aromatic heterocycles. The van der Waals surface area contributed by atoms with Gasteiger partial charge in [0.15, 0.2) is 0 Å². The molecule has 1 heterocycles. The monoisotopic (exact) mass is 261 g/mol. The highest BCUT2D eigenvalue weighted by Crippen LogP contribution is 2.33. The number of hydrogen-bond acceptors (Lipinski definition) is 3. The zero-order valence-corrected chi connectivity index (χ0v) is 13.0. The summed E-state index contributed by atoms with van der Waals surface area (Å²) in [6.45, 7) is 12.9. The lowest BCUT2D eigenvalue weighted by Gasteiger charge is -2.28. The molecular formula is C16H27N3. The third-order valence-corrected chi connectivity index (χ3v) is 3.55. The summed E-state index contributed by atoms with van der Waals surface area (Å²) in [5, 5.41) is 3.57. The third-order valence-electron chi connectivity index (χ3n) is 3.55. The van der Waals surface area contributed by atoms with Gasteiger partial charge in [-0.1, -0.05) is 0 Å². The Morgan fingerprint density at radius 2 is 2.05 bits per heavy atom. The van der Waals surface area contributed by atoms with Gasteiger partial charge in [0.25, 0.3) is 0 Å². The van der Waals surface area contributed by atoms with Gasteiger partial charge in [-0.3, -0.25) is 4.98 Å². The van der Waals surface area contributed by atoms with Gasteiger partial charge in [0, 0.05) is 47.8 Å². The second kappa shape index (κ2) is 5.49. The molecule has 0 amide bonds. The molecule has 0 atom stereocenters. The minimum Gasteiger partial charge on any atom is -0.368 e. The Kier molecular flexibility index (Phi) is 4.14. The number of hydrogen-bond donors (Lipinski definition) is 1. The van der Waals surface area contributed by atoms with E-state index in [1.807, 2.05) is 6.20 Å². The lowest BCUT2D eigenvalue weighted by atomic mass is 10.1. The third kappa shape index (κ3) is 3.93. The van der Waals surface area contributed by atoms with Crippen LogP contribution >= 0.6 is 0 Å². The first-order chi connectivity index (χ1) is 8.90. The van der Waals surface area contributed by atoms with Gasteiger partial charge in [-0.2, -0.15) is 0 Å². The molecule has 0 radical (unpaired) electrons. The Balaban J connectivity index is 2.21. The van der Waals surface area contributed by atoms with Crippen molar-refractivity contribution in [3.63, 3.8) is 0 Å². The number of rotatable bonds is 5. The van der Waals surface area contributed by atoms with Crippen LogP contribution in [0, 0.1) is 6.92 Å². The lowest BCUT2D eigenvalue weighted by Crippen LogP contribution is -2.36. The summed E-state index contributed by atoms with van der Waals surface area (Å²) in [6, 6.07) is 2.99. The molecule has 0 unspecified atom stereocenters. The molecular weight excluding hydrogens is 234 g/mol. The number of aryl methyl sites for hydroxylation is 1. The summed E-state index contributed by atoms with van der Waals surface area (Å²) in [7, 11) is 0. The van der Waals surface area contributed by atoms with E-state index in [0.29, 0.717) is 0 Å². The summed E-state index contributed by atoms with van der Waals surface area (Å²) < 4.78 is 0. The lowest BCUT2D eigenvalue weighted by molar-refractivity contribution is 0.424. The molecule has 1 aromatic rings. The molecule has 0 spiro atoms. The minimum atomic E-state index is 0.138. The van der Waals surface area contributed by atoms with Gasteiger partial charge in [-0.05, 0) is 53.5 Å². The van der Waals surface area contributed by atoms with E-state index in [2.05, 4.69) is 55.9 Å². The maximum Gasteiger partial charge on any atom is 0.0447 e. The van der Waals surface area contributed by atoms with Crippen molar-refractivity contribution in [1.29, 1.82) is 0 Å². The molecule has 1 aliphatic carbocycles. The zero-order valence-electron chi connectivity index (χ0n) is 13.0. The van der Waals surface area contributed by atoms with E-state index >= 15 is 0 Å². The van der Waals surface area contributed by atoms with Crippen molar-refractivity contribution in [2.75, 3.05) is 11.4 Å². The Morgan fingerprint density at radius 3 is 2.58 bits per heavy atom. The summed E-state index contributed by atoms with van der Waals surface area (Å²) in [5.41, 5.74) is 3.93. The van der Waals surface area contributed by atoms with Gasteiger partial charge in [-0.15, -0.1) is 0 Å². The van der Waals surface area contributed by atoms with E-state index in [0.717, 1.165) is 24.8 Å². The second-order valence-corrected chi connectivity index (χ2v) is 6.58. The molecule has 106 valence electrons. The quantitative estimate of drug-likeness (QED) is 0.881. The molecule has 0 aromatic carbocycles. The number of anilines is 1. The molecule has 0 aliphatic heterocycles. The Morgan fingerprint density at radius 1 is 1.37 bits per heavy atom. The first kappa shape index (κ1) is 14.3. The van der Waals surface area contributed by atoms with Crippen LogP contribution < -0.4 is 10.2 Å². The number of nitrogens with one attached hydrogen (secondary N) is 1. The molecule has 1 fully saturated rings. The first-order valence-corrected chi connectivity index (χ1v) is 7.38. The molecule has 3 nitrogen and oxygen atoms in total. The molecule has 0 saturated heterocycles. The van der Waals surface area contributed by atoms with Crippen molar-refractivity contribution in [1.82, 2.24) is 10.3 Å². The van der Waals surface area contributed by atoms with Gasteiger partial charge in [0.05, 0.1) is 0 Å². The Hall–Kier alpha value is -1.09. The van der Waals surface area contributed by atoms with Gasteiger partial charge in [0.1, 0.15) is 0 Å². The van der Waals surface area contributed by atoms with E-state index < -0.39 is 0 Å². The molecule has 0 bridgehead atoms. The van der Waals surface area contributed by atoms with Crippen molar-refractivity contribution in [2.45, 2.75) is 65.6 Å². The van der Waals surface area contributed by atoms with Crippen LogP contribution in [0.5, 0.6) is 0 Å². The van der Waals surface area contributed by atoms with Gasteiger partial charge >= 0.3 is 0 Å². The number of aromatic nitrogens is 1. The Labute approximate surface area is 117 Å². The highest BCUT2D eigenvalue weighted by molar-refractivity contribution is 5.55. The number of pyridine rings is 1. The van der Waals surface area contributed by atoms with E-state index in [4.69, 9.17) is 0 Å². The van der Waals surface area contributed by atoms with Crippen LogP contribution in [-0.4, -0.2) is 23.1 Å². The van der Waals surface area contributed by atoms with Crippen molar-refractivity contribution in [2.24, 2.45) is 0 Å². The molecule has 1 N–H and O–H groups in total. The fourth-order valence-electron chi connectivity index (χ4n) is 2.35. The average molecular weight is 261 g/mol. The highest BCUT2D eigenvalue weighted by atomic mass is 15.2. The SMILES string of the molecule is CCN(c1cc(C)ncc1CNC(C)(C)C)C1CC1. The topological polar surface area (TPSA) is 28.2 Å². The fraction of sp³-hybridized carbons (Fsp3) is 0.688. The Bertz CT molecular complexity index is 430. The normalized spacial score (nSPS) is 15.6. The summed E-state index contributed by atoms with van der Waals surface area (Å²) >= 11 is 0. The first-order valence-electron chi connectivity index (χ1n) is 7.38. The van der Waals surface area contributed by atoms with Crippen molar-refractivity contribution in [3.05, 3.63) is 23.5 Å². The second-order valence-electron chi connectivity index (χ2n) is 6.58. The molecule has 19 heavy (non-hydrogen) atoms. The molecule has 1 saturated carbocycles.